The first-order valence-corrected chi connectivity index (χ1v) is 14.8. The molecule has 14 nitrogen and oxygen atoms in total. The van der Waals surface area contributed by atoms with Crippen LogP contribution in [-0.4, -0.2) is 82.3 Å². The van der Waals surface area contributed by atoms with Gasteiger partial charge in [0.1, 0.15) is 29.9 Å². The van der Waals surface area contributed by atoms with Gasteiger partial charge >= 0.3 is 11.9 Å². The first-order valence-electron chi connectivity index (χ1n) is 11.6. The number of nitrogens with two attached hydrogens (primary N) is 1. The minimum absolute atomic E-state index is 0.0329. The molecule has 40 heavy (non-hydrogen) atoms. The molecule has 5 N–H and O–H groups in total. The number of nitrogen functional groups attached to an aromatic ring is 1. The Morgan fingerprint density at radius 1 is 1.35 bits per heavy atom. The monoisotopic (exact) mass is 609 g/mol. The van der Waals surface area contributed by atoms with Crippen LogP contribution in [0.2, 0.25) is 0 Å². The van der Waals surface area contributed by atoms with Crippen LogP contribution in [0.4, 0.5) is 5.13 Å². The highest BCUT2D eigenvalue weighted by Gasteiger charge is 2.57. The summed E-state index contributed by atoms with van der Waals surface area (Å²) in [6.45, 7) is 2.44. The number of nitrogens with one attached hydrogen (secondary N) is 1. The summed E-state index contributed by atoms with van der Waals surface area (Å²) in [6.07, 6.45) is 3.67. The highest BCUT2D eigenvalue weighted by atomic mass is 32.2. The van der Waals surface area contributed by atoms with E-state index >= 15 is 0 Å². The molecule has 1 fully saturated rings. The molecule has 3 atom stereocenters. The number of hydrogen-bond donors (Lipinski definition) is 4. The van der Waals surface area contributed by atoms with Gasteiger partial charge in [0.2, 0.25) is 5.60 Å². The zero-order valence-electron chi connectivity index (χ0n) is 21.4. The van der Waals surface area contributed by atoms with Crippen LogP contribution in [0.15, 0.2) is 51.2 Å². The lowest BCUT2D eigenvalue weighted by molar-refractivity contribution is -0.671. The number of carboxylic acids is 2. The number of nitrogens with zero attached hydrogens (tertiary/aromatic N) is 4. The third kappa shape index (κ3) is 5.85. The van der Waals surface area contributed by atoms with Gasteiger partial charge in [-0.1, -0.05) is 5.16 Å². The number of carbonyl (C=O) groups is 4. The summed E-state index contributed by atoms with van der Waals surface area (Å²) in [5.41, 5.74) is 3.44. The molecule has 2 aromatic heterocycles. The second kappa shape index (κ2) is 11.3. The zero-order chi connectivity index (χ0) is 29.4. The average molecular weight is 610 g/mol. The third-order valence-corrected chi connectivity index (χ3v) is 9.34. The van der Waals surface area contributed by atoms with Crippen molar-refractivity contribution in [2.75, 3.05) is 17.2 Å². The van der Waals surface area contributed by atoms with E-state index in [9.17, 15) is 33.6 Å². The van der Waals surface area contributed by atoms with Crippen LogP contribution < -0.4 is 15.6 Å². The van der Waals surface area contributed by atoms with E-state index < -0.39 is 57.3 Å². The van der Waals surface area contributed by atoms with Crippen LogP contribution in [0.5, 0.6) is 0 Å². The number of aromatic nitrogens is 2. The number of fused-ring (bicyclic) bond motifs is 1. The molecule has 2 aromatic rings. The number of carboxylic acid groups (broad SMARTS) is 2. The van der Waals surface area contributed by atoms with E-state index in [1.807, 2.05) is 36.1 Å². The number of thioether (sulfide) groups is 1. The smallest absolute Gasteiger partial charge is 0.352 e. The summed E-state index contributed by atoms with van der Waals surface area (Å²) in [6, 6.07) is 2.38. The predicted molar refractivity (Wildman–Crippen MR) is 144 cm³/mol. The van der Waals surface area contributed by atoms with E-state index in [0.29, 0.717) is 5.57 Å². The minimum Gasteiger partial charge on any atom is -0.478 e. The maximum atomic E-state index is 13.2. The summed E-state index contributed by atoms with van der Waals surface area (Å²) in [5, 5.41) is 25.7. The normalized spacial score (nSPS) is 21.0. The van der Waals surface area contributed by atoms with Crippen LogP contribution >= 0.6 is 23.1 Å². The molecule has 0 bridgehead atoms. The lowest BCUT2D eigenvalue weighted by atomic mass is 10.0. The number of carbonyl (C=O) groups excluding carboxylic acids is 2. The quantitative estimate of drug-likeness (QED) is 0.0903. The molecule has 0 spiro atoms. The molecule has 2 aliphatic heterocycles. The van der Waals surface area contributed by atoms with Gasteiger partial charge < -0.3 is 26.1 Å². The fraction of sp³-hybridized carbons (Fsp3) is 0.348. The number of aryl methyl sites for hydroxylation is 1. The van der Waals surface area contributed by atoms with Crippen molar-refractivity contribution in [2.24, 2.45) is 12.2 Å². The van der Waals surface area contributed by atoms with Crippen molar-refractivity contribution in [3.63, 3.8) is 0 Å². The van der Waals surface area contributed by atoms with E-state index in [1.165, 1.54) is 31.0 Å². The topological polar surface area (TPSA) is 205 Å². The predicted octanol–water partition coefficient (Wildman–Crippen LogP) is -0.320. The van der Waals surface area contributed by atoms with Crippen LogP contribution in [0.25, 0.3) is 0 Å². The molecule has 4 rings (SSSR count). The molecule has 1 saturated heterocycles. The van der Waals surface area contributed by atoms with E-state index in [4.69, 9.17) is 10.6 Å². The molecule has 2 amide bonds. The Morgan fingerprint density at radius 2 is 2.02 bits per heavy atom. The van der Waals surface area contributed by atoms with Crippen molar-refractivity contribution in [2.45, 2.75) is 35.8 Å². The number of amides is 2. The summed E-state index contributed by atoms with van der Waals surface area (Å²) in [5.74, 6) is -4.33. The fourth-order valence-corrected chi connectivity index (χ4v) is 6.98. The molecular weight excluding hydrogens is 584 g/mol. The second-order valence-electron chi connectivity index (χ2n) is 9.24. The number of pyridine rings is 1. The maximum absolute atomic E-state index is 13.2. The maximum Gasteiger partial charge on any atom is 0.352 e. The van der Waals surface area contributed by atoms with Crippen molar-refractivity contribution >= 4 is 68.5 Å². The number of thiazole rings is 1. The number of hydrogen-bond acceptors (Lipinski definition) is 11. The van der Waals surface area contributed by atoms with Crippen molar-refractivity contribution in [1.82, 2.24) is 15.2 Å². The minimum atomic E-state index is -1.80. The molecule has 4 heterocycles. The fourth-order valence-electron chi connectivity index (χ4n) is 3.73. The van der Waals surface area contributed by atoms with E-state index in [-0.39, 0.29) is 28.0 Å². The van der Waals surface area contributed by atoms with Crippen LogP contribution in [0, 0.1) is 0 Å². The Morgan fingerprint density at radius 3 is 2.60 bits per heavy atom. The summed E-state index contributed by atoms with van der Waals surface area (Å²) in [7, 11) is 0.128. The van der Waals surface area contributed by atoms with Crippen LogP contribution in [0.1, 0.15) is 19.5 Å². The van der Waals surface area contributed by atoms with Gasteiger partial charge in [0.15, 0.2) is 23.2 Å². The van der Waals surface area contributed by atoms with Gasteiger partial charge in [0.05, 0.1) is 16.6 Å². The van der Waals surface area contributed by atoms with Crippen LogP contribution in [-0.2, 0) is 41.9 Å². The number of rotatable bonds is 10. The molecule has 0 aromatic carbocycles. The lowest BCUT2D eigenvalue weighted by Gasteiger charge is -2.49. The molecule has 3 unspecified atom stereocenters. The molecular formula is C23H25N6O8S3+. The van der Waals surface area contributed by atoms with Gasteiger partial charge in [-0.25, -0.2) is 19.1 Å². The van der Waals surface area contributed by atoms with Gasteiger partial charge in [-0.05, 0) is 19.4 Å². The van der Waals surface area contributed by atoms with E-state index in [1.54, 1.807) is 0 Å². The third-order valence-electron chi connectivity index (χ3n) is 5.91. The Labute approximate surface area is 238 Å². The van der Waals surface area contributed by atoms with Gasteiger partial charge in [0, 0.05) is 28.2 Å². The van der Waals surface area contributed by atoms with Crippen molar-refractivity contribution in [3.8, 4) is 0 Å². The highest BCUT2D eigenvalue weighted by molar-refractivity contribution is 7.99. The van der Waals surface area contributed by atoms with Gasteiger partial charge in [0.25, 0.3) is 11.8 Å². The number of oxime groups is 1. The summed E-state index contributed by atoms with van der Waals surface area (Å²) >= 11 is 2.34. The van der Waals surface area contributed by atoms with E-state index in [0.717, 1.165) is 21.1 Å². The van der Waals surface area contributed by atoms with Crippen molar-refractivity contribution in [3.05, 3.63) is 46.9 Å². The number of anilines is 1. The number of aliphatic carboxylic acids is 2. The van der Waals surface area contributed by atoms with Crippen molar-refractivity contribution < 1.29 is 43.0 Å². The van der Waals surface area contributed by atoms with Crippen molar-refractivity contribution in [1.29, 1.82) is 0 Å². The van der Waals surface area contributed by atoms with E-state index in [2.05, 4.69) is 15.5 Å². The molecule has 2 aliphatic rings. The second-order valence-corrected chi connectivity index (χ2v) is 12.7. The SMILES string of the molecule is C[n+]1ccc(SCC2=C(C(=O)O)N3C(=O)C(NC(=O)C(=NOC(C)(C)C(=O)O)c4csc(N)n4)C3S(=O)C2)cc1. The first kappa shape index (κ1) is 29.2. The Kier molecular flexibility index (Phi) is 8.27. The lowest BCUT2D eigenvalue weighted by Crippen LogP contribution is -2.74. The molecule has 0 radical (unpaired) electrons. The van der Waals surface area contributed by atoms with Gasteiger partial charge in [-0.15, -0.1) is 23.1 Å². The van der Waals surface area contributed by atoms with Gasteiger partial charge in [-0.2, -0.15) is 0 Å². The molecule has 212 valence electrons. The number of β-lactam (4-membered cyclic amide) rings is 1. The standard InChI is InChI=1S/C23H24N6O8S3/c1-23(2,21(34)35)37-27-14(13-9-39-22(24)25-13)17(30)26-15-18(31)29-16(20(32)33)11(10-40(36)19(15)29)8-38-12-4-6-28(3)7-5-12/h4-7,9,15,19H,8,10H2,1-3H3,(H4-,24,25,26,30,32,33,34,35)/p+1. The highest BCUT2D eigenvalue weighted by Crippen LogP contribution is 2.36. The Bertz CT molecular complexity index is 1470. The van der Waals surface area contributed by atoms with Crippen LogP contribution in [0.3, 0.4) is 0 Å². The molecule has 0 aliphatic carbocycles. The largest absolute Gasteiger partial charge is 0.478 e. The molecule has 0 saturated carbocycles. The molecule has 17 heteroatoms. The zero-order valence-corrected chi connectivity index (χ0v) is 23.8. The Balaban J connectivity index is 1.56. The summed E-state index contributed by atoms with van der Waals surface area (Å²) < 4.78 is 15.0. The van der Waals surface area contributed by atoms with Gasteiger partial charge in [-0.3, -0.25) is 18.7 Å². The first-order chi connectivity index (χ1) is 18.8. The average Bonchev–Trinajstić information content (AvgIpc) is 3.31. The Hall–Kier alpha value is -3.83. The summed E-state index contributed by atoms with van der Waals surface area (Å²) in [4.78, 5) is 60.7.